The molecular formula is C55H112N3O4W-. The van der Waals surface area contributed by atoms with Crippen molar-refractivity contribution in [1.82, 2.24) is 15.1 Å². The minimum Gasteiger partial charge on any atom is -0.468 e. The Morgan fingerprint density at radius 3 is 1.48 bits per heavy atom. The quantitative estimate of drug-likeness (QED) is 0.0318. The summed E-state index contributed by atoms with van der Waals surface area (Å²) in [4.78, 5) is 15.3. The van der Waals surface area contributed by atoms with Gasteiger partial charge in [0.25, 0.3) is 6.47 Å². The van der Waals surface area contributed by atoms with Gasteiger partial charge in [0.15, 0.2) is 0 Å². The number of unbranched alkanes of at least 4 members (excludes halogenated alkanes) is 22. The molecule has 7 nitrogen and oxygen atoms in total. The molecule has 0 saturated heterocycles. The minimum absolute atomic E-state index is 0. The number of carbonyl (C=O) groups excluding carboxylic acids is 1. The number of allylic oxidation sites excluding steroid dienone is 1. The molecule has 0 radical (unpaired) electrons. The molecule has 0 aromatic carbocycles. The zero-order valence-corrected chi connectivity index (χ0v) is 46.3. The zero-order valence-electron chi connectivity index (χ0n) is 43.4. The Morgan fingerprint density at radius 2 is 1.05 bits per heavy atom. The first kappa shape index (κ1) is 66.8. The normalized spacial score (nSPS) is 12.8. The number of rotatable bonds is 46. The zero-order chi connectivity index (χ0) is 46.0. The van der Waals surface area contributed by atoms with Crippen LogP contribution in [0.4, 0.5) is 0 Å². The van der Waals surface area contributed by atoms with Crippen LogP contribution in [-0.4, -0.2) is 91.6 Å². The van der Waals surface area contributed by atoms with Gasteiger partial charge in [-0.1, -0.05) is 202 Å². The van der Waals surface area contributed by atoms with Crippen molar-refractivity contribution in [3.63, 3.8) is 0 Å². The standard InChI is InChI=1S/C23H46N3O.C17H34O2.C15H32O.W/c1-4-7-9-11-16-26(17-12-10-8-5-2)23(22-13-14-22)21-24-15-18-25(6-3)19-20-27;1-3-5-7-9-10-12-14-17(15-19-16-18)13-11-8-6-4-2;1-3-5-7-9-10-12-14-15(16)13-11-8-6-4-2;/h24,27H,1,4-21H2,2-3H3;16-17H,3-15H2,1-2H3;15-16H,3-14H2,1-2H3;/q-1;;;. The summed E-state index contributed by atoms with van der Waals surface area (Å²) in [5, 5.41) is 22.6. The van der Waals surface area contributed by atoms with Crippen molar-refractivity contribution in [1.29, 1.82) is 0 Å². The number of aliphatic hydroxyl groups is 2. The summed E-state index contributed by atoms with van der Waals surface area (Å²) in [6, 6.07) is 0. The van der Waals surface area contributed by atoms with Gasteiger partial charge in [0.05, 0.1) is 19.3 Å². The van der Waals surface area contributed by atoms with Crippen LogP contribution in [0.5, 0.6) is 0 Å². The maximum absolute atomic E-state index is 10.3. The van der Waals surface area contributed by atoms with Crippen LogP contribution in [0.3, 0.4) is 0 Å². The molecule has 1 rings (SSSR count). The minimum atomic E-state index is -0.0250. The molecular weight excluding hydrogens is 950 g/mol. The molecule has 0 aliphatic heterocycles. The third-order valence-electron chi connectivity index (χ3n) is 12.6. The van der Waals surface area contributed by atoms with Crippen molar-refractivity contribution < 1.29 is 40.8 Å². The van der Waals surface area contributed by atoms with Crippen molar-refractivity contribution in [3.05, 3.63) is 18.2 Å². The molecule has 1 saturated carbocycles. The number of nitrogens with zero attached hydrogens (tertiary/aromatic N) is 2. The molecule has 2 unspecified atom stereocenters. The van der Waals surface area contributed by atoms with Crippen molar-refractivity contribution in [2.75, 3.05) is 59.0 Å². The summed E-state index contributed by atoms with van der Waals surface area (Å²) in [5.74, 6) is 0.591. The van der Waals surface area contributed by atoms with Crippen LogP contribution in [0.15, 0.2) is 11.3 Å². The smallest absolute Gasteiger partial charge is 0.293 e. The Balaban J connectivity index is -0.000000887. The van der Waals surface area contributed by atoms with Crippen LogP contribution < -0.4 is 5.32 Å². The number of ether oxygens (including phenoxy) is 1. The van der Waals surface area contributed by atoms with Gasteiger partial charge in [0.2, 0.25) is 0 Å². The fourth-order valence-electron chi connectivity index (χ4n) is 8.26. The van der Waals surface area contributed by atoms with Crippen LogP contribution in [0.25, 0.3) is 0 Å². The maximum Gasteiger partial charge on any atom is 0.293 e. The molecule has 0 aromatic heterocycles. The van der Waals surface area contributed by atoms with Crippen molar-refractivity contribution in [3.8, 4) is 0 Å². The summed E-state index contributed by atoms with van der Waals surface area (Å²) in [6.07, 6.45) is 43.7. The van der Waals surface area contributed by atoms with Crippen LogP contribution in [0.1, 0.15) is 260 Å². The molecule has 2 atom stereocenters. The Bertz CT molecular complexity index is 891. The second kappa shape index (κ2) is 55.9. The first-order chi connectivity index (χ1) is 30.4. The average molecular weight is 1060 g/mol. The second-order valence-corrected chi connectivity index (χ2v) is 18.6. The Kier molecular flexibility index (Phi) is 59.2. The van der Waals surface area contributed by atoms with Gasteiger partial charge in [0, 0.05) is 66.0 Å². The number of hydrogen-bond acceptors (Lipinski definition) is 7. The van der Waals surface area contributed by atoms with Gasteiger partial charge in [0.1, 0.15) is 0 Å². The summed E-state index contributed by atoms with van der Waals surface area (Å²) in [7, 11) is 0. The summed E-state index contributed by atoms with van der Waals surface area (Å²) in [5.41, 5.74) is 3.27. The van der Waals surface area contributed by atoms with Gasteiger partial charge in [-0.15, -0.1) is 0 Å². The van der Waals surface area contributed by atoms with Gasteiger partial charge >= 0.3 is 0 Å². The molecule has 3 N–H and O–H groups in total. The van der Waals surface area contributed by atoms with E-state index in [4.69, 9.17) is 9.84 Å². The van der Waals surface area contributed by atoms with Gasteiger partial charge < -0.3 is 37.0 Å². The van der Waals surface area contributed by atoms with Crippen molar-refractivity contribution in [2.45, 2.75) is 266 Å². The van der Waals surface area contributed by atoms with E-state index >= 15 is 0 Å². The fraction of sp³-hybridized carbons (Fsp3) is 0.927. The molecule has 0 bridgehead atoms. The van der Waals surface area contributed by atoms with E-state index in [1.807, 2.05) is 0 Å². The van der Waals surface area contributed by atoms with Gasteiger partial charge in [-0.25, -0.2) is 0 Å². The Hall–Kier alpha value is -0.462. The van der Waals surface area contributed by atoms with Crippen molar-refractivity contribution in [2.24, 2.45) is 5.92 Å². The summed E-state index contributed by atoms with van der Waals surface area (Å²) >= 11 is 0. The van der Waals surface area contributed by atoms with E-state index in [2.05, 4.69) is 63.6 Å². The summed E-state index contributed by atoms with van der Waals surface area (Å²) < 4.78 is 4.97. The SMILES string of the molecule is CCCCCCCCC(CCCCCC)COC=O.CCCCCCCCC(O)CCCCCC.[CH2-]CCCCCN(CCCCCC)C(CNCCN(CC)CCO)=C1CC1.[W]. The molecule has 0 spiro atoms. The van der Waals surface area contributed by atoms with E-state index in [-0.39, 0.29) is 33.8 Å². The third-order valence-corrected chi connectivity index (χ3v) is 12.6. The van der Waals surface area contributed by atoms with Crippen LogP contribution in [-0.2, 0) is 30.6 Å². The Labute approximate surface area is 409 Å². The molecule has 1 aliphatic rings. The molecule has 8 heteroatoms. The largest absolute Gasteiger partial charge is 0.468 e. The second-order valence-electron chi connectivity index (χ2n) is 18.6. The predicted octanol–water partition coefficient (Wildman–Crippen LogP) is 14.8. The van der Waals surface area contributed by atoms with E-state index in [1.54, 1.807) is 11.3 Å². The van der Waals surface area contributed by atoms with Crippen LogP contribution in [0.2, 0.25) is 0 Å². The molecule has 0 aromatic rings. The third kappa shape index (κ3) is 49.3. The van der Waals surface area contributed by atoms with E-state index in [9.17, 15) is 9.90 Å². The van der Waals surface area contributed by atoms with Crippen LogP contribution >= 0.6 is 0 Å². The number of hydrogen-bond donors (Lipinski definition) is 3. The Morgan fingerprint density at radius 1 is 0.619 bits per heavy atom. The predicted molar refractivity (Wildman–Crippen MR) is 273 cm³/mol. The van der Waals surface area contributed by atoms with E-state index in [0.29, 0.717) is 19.0 Å². The van der Waals surface area contributed by atoms with Crippen LogP contribution in [0, 0.1) is 12.8 Å². The topological polar surface area (TPSA) is 85.3 Å². The van der Waals surface area contributed by atoms with Gasteiger partial charge in [-0.05, 0) is 69.4 Å². The fourth-order valence-corrected chi connectivity index (χ4v) is 8.26. The number of carbonyl (C=O) groups is 1. The maximum atomic E-state index is 10.3. The van der Waals surface area contributed by atoms with E-state index in [0.717, 1.165) is 52.0 Å². The van der Waals surface area contributed by atoms with Gasteiger partial charge in [-0.3, -0.25) is 4.79 Å². The molecule has 0 amide bonds. The first-order valence-electron chi connectivity index (χ1n) is 27.4. The number of nitrogens with one attached hydrogen (secondary N) is 1. The molecule has 378 valence electrons. The molecule has 1 aliphatic carbocycles. The monoisotopic (exact) mass is 1060 g/mol. The molecule has 0 heterocycles. The van der Waals surface area contributed by atoms with Gasteiger partial charge in [-0.2, -0.15) is 6.42 Å². The molecule has 63 heavy (non-hydrogen) atoms. The van der Waals surface area contributed by atoms with E-state index < -0.39 is 0 Å². The van der Waals surface area contributed by atoms with E-state index in [1.165, 1.54) is 212 Å². The number of aliphatic hydroxyl groups excluding tert-OH is 2. The number of likely N-dealkylation sites (N-methyl/N-ethyl adjacent to an activating group) is 1. The first-order valence-corrected chi connectivity index (χ1v) is 27.4. The summed E-state index contributed by atoms with van der Waals surface area (Å²) in [6.45, 7) is 26.1. The molecule has 1 fully saturated rings. The average Bonchev–Trinajstić information content (AvgIpc) is 4.13. The van der Waals surface area contributed by atoms with Crippen molar-refractivity contribution >= 4 is 6.47 Å².